The zero-order valence-corrected chi connectivity index (χ0v) is 21.8. The highest BCUT2D eigenvalue weighted by Gasteiger charge is 2.49. The van der Waals surface area contributed by atoms with E-state index in [9.17, 15) is 21.6 Å². The van der Waals surface area contributed by atoms with Crippen LogP contribution in [0.25, 0.3) is 11.5 Å². The lowest BCUT2D eigenvalue weighted by Crippen LogP contribution is -2.35. The molecule has 1 aliphatic rings. The van der Waals surface area contributed by atoms with E-state index < -0.39 is 27.1 Å². The van der Waals surface area contributed by atoms with Crippen LogP contribution in [0, 0.1) is 0 Å². The van der Waals surface area contributed by atoms with Crippen molar-refractivity contribution >= 4 is 38.6 Å². The van der Waals surface area contributed by atoms with Crippen LogP contribution in [-0.2, 0) is 27.5 Å². The maximum absolute atomic E-state index is 12.8. The Morgan fingerprint density at radius 1 is 1.18 bits per heavy atom. The number of hydrogen-bond acceptors (Lipinski definition) is 8. The lowest BCUT2D eigenvalue weighted by molar-refractivity contribution is -0.0501. The van der Waals surface area contributed by atoms with Gasteiger partial charge in [-0.15, -0.1) is 0 Å². The van der Waals surface area contributed by atoms with Gasteiger partial charge in [0.15, 0.2) is 5.82 Å². The molecule has 2 aromatic rings. The third-order valence-corrected chi connectivity index (χ3v) is 7.49. The molecule has 0 radical (unpaired) electrons. The summed E-state index contributed by atoms with van der Waals surface area (Å²) >= 11 is 2.16. The van der Waals surface area contributed by atoms with E-state index in [0.29, 0.717) is 37.3 Å². The first-order valence-electron chi connectivity index (χ1n) is 10.1. The van der Waals surface area contributed by atoms with Crippen molar-refractivity contribution in [3.05, 3.63) is 29.6 Å². The van der Waals surface area contributed by atoms with E-state index >= 15 is 0 Å². The fraction of sp³-hybridized carbons (Fsp3) is 0.526. The van der Waals surface area contributed by atoms with Gasteiger partial charge < -0.3 is 13.4 Å². The average Bonchev–Trinajstić information content (AvgIpc) is 3.25. The molecular formula is C19H22F3IN3O5PS. The summed E-state index contributed by atoms with van der Waals surface area (Å²) in [7, 11) is -5.87. The van der Waals surface area contributed by atoms with Crippen LogP contribution in [0.5, 0.6) is 11.6 Å². The van der Waals surface area contributed by atoms with Gasteiger partial charge in [-0.05, 0) is 60.2 Å². The summed E-state index contributed by atoms with van der Waals surface area (Å²) < 4.78 is 77.8. The highest BCUT2D eigenvalue weighted by Crippen LogP contribution is 2.36. The summed E-state index contributed by atoms with van der Waals surface area (Å²) in [6.45, 7) is 4.59. The number of nitrogens with zero attached hydrogens (tertiary/aromatic N) is 3. The predicted molar refractivity (Wildman–Crippen MR) is 125 cm³/mol. The fourth-order valence-electron chi connectivity index (χ4n) is 3.28. The number of aromatic nitrogens is 3. The monoisotopic (exact) mass is 619 g/mol. The molecule has 33 heavy (non-hydrogen) atoms. The Morgan fingerprint density at radius 2 is 1.91 bits per heavy atom. The van der Waals surface area contributed by atoms with Crippen LogP contribution < -0.4 is 8.92 Å². The first-order chi connectivity index (χ1) is 15.5. The zero-order valence-electron chi connectivity index (χ0n) is 17.8. The van der Waals surface area contributed by atoms with Crippen LogP contribution in [0.1, 0.15) is 44.4 Å². The van der Waals surface area contributed by atoms with E-state index in [-0.39, 0.29) is 23.5 Å². The molecular weight excluding hydrogens is 597 g/mol. The smallest absolute Gasteiger partial charge is 0.490 e. The summed E-state index contributed by atoms with van der Waals surface area (Å²) in [5.74, 6) is -0.220. The summed E-state index contributed by atoms with van der Waals surface area (Å²) in [4.78, 5) is 12.5. The van der Waals surface area contributed by atoms with Crippen molar-refractivity contribution in [1.82, 2.24) is 15.0 Å². The van der Waals surface area contributed by atoms with Crippen LogP contribution in [0.4, 0.5) is 13.2 Å². The van der Waals surface area contributed by atoms with E-state index in [0.717, 1.165) is 12.8 Å². The van der Waals surface area contributed by atoms with Gasteiger partial charge in [-0.1, -0.05) is 13.8 Å². The molecule has 0 aromatic carbocycles. The van der Waals surface area contributed by atoms with Crippen LogP contribution in [-0.4, -0.2) is 41.1 Å². The Balaban J connectivity index is 1.91. The first kappa shape index (κ1) is 26.3. The van der Waals surface area contributed by atoms with Crippen LogP contribution in [0.3, 0.4) is 0 Å². The number of hydrogen-bond donors (Lipinski definition) is 0. The van der Waals surface area contributed by atoms with Gasteiger partial charge in [-0.25, -0.2) is 4.98 Å². The van der Waals surface area contributed by atoms with Crippen LogP contribution in [0.15, 0.2) is 18.3 Å². The lowest BCUT2D eigenvalue weighted by atomic mass is 9.99. The minimum Gasteiger partial charge on any atom is -0.490 e. The van der Waals surface area contributed by atoms with E-state index in [4.69, 9.17) is 9.26 Å². The minimum atomic E-state index is -5.87. The molecule has 0 saturated carbocycles. The average molecular weight is 619 g/mol. The molecule has 8 nitrogen and oxygen atoms in total. The van der Waals surface area contributed by atoms with Crippen molar-refractivity contribution in [3.63, 3.8) is 0 Å². The SMILES string of the molecule is CCC(CC)(COc1ccnc(-c2nc3c(c(OS(=O)(=O)C(F)(F)F)n2)CCC3)c1)OPI. The Labute approximate surface area is 204 Å². The van der Waals surface area contributed by atoms with Gasteiger partial charge in [-0.3, -0.25) is 4.98 Å². The van der Waals surface area contributed by atoms with Gasteiger partial charge in [0.25, 0.3) is 0 Å². The number of fused-ring (bicyclic) bond motifs is 1. The molecule has 0 aliphatic heterocycles. The second-order valence-electron chi connectivity index (χ2n) is 7.35. The molecule has 3 rings (SSSR count). The van der Waals surface area contributed by atoms with Gasteiger partial charge in [0, 0.05) is 17.8 Å². The maximum Gasteiger partial charge on any atom is 0.534 e. The van der Waals surface area contributed by atoms with Crippen molar-refractivity contribution in [2.75, 3.05) is 6.61 Å². The largest absolute Gasteiger partial charge is 0.534 e. The highest BCUT2D eigenvalue weighted by molar-refractivity contribution is 14.2. The molecule has 0 bridgehead atoms. The lowest BCUT2D eigenvalue weighted by Gasteiger charge is -2.30. The quantitative estimate of drug-likeness (QED) is 0.156. The zero-order chi connectivity index (χ0) is 24.3. The number of pyridine rings is 1. The second kappa shape index (κ2) is 10.5. The van der Waals surface area contributed by atoms with Crippen molar-refractivity contribution < 1.29 is 35.0 Å². The number of halogens is 4. The molecule has 0 fully saturated rings. The van der Waals surface area contributed by atoms with Gasteiger partial charge in [0.2, 0.25) is 5.88 Å². The molecule has 1 unspecified atom stereocenters. The van der Waals surface area contributed by atoms with Gasteiger partial charge >= 0.3 is 15.6 Å². The molecule has 1 atom stereocenters. The van der Waals surface area contributed by atoms with Crippen molar-refractivity contribution in [1.29, 1.82) is 0 Å². The molecule has 0 saturated heterocycles. The van der Waals surface area contributed by atoms with Crippen molar-refractivity contribution in [2.45, 2.75) is 57.1 Å². The normalized spacial score (nSPS) is 14.6. The fourth-order valence-corrected chi connectivity index (χ4v) is 5.63. The standard InChI is InChI=1S/C19H22F3IN3O5PS/c1-3-18(4-2,31-32-23)11-29-12-8-9-24-15(10-12)16-25-14-7-5-6-13(14)17(26-16)30-33(27,28)19(20,21)22/h8-10,32H,3-7,11H2,1-2H3. The molecule has 0 spiro atoms. The summed E-state index contributed by atoms with van der Waals surface area (Å²) in [6, 6.07) is 3.17. The Bertz CT molecular complexity index is 1100. The highest BCUT2D eigenvalue weighted by atomic mass is 127. The molecule has 182 valence electrons. The number of rotatable bonds is 10. The molecule has 2 aromatic heterocycles. The topological polar surface area (TPSA) is 101 Å². The van der Waals surface area contributed by atoms with Crippen molar-refractivity contribution in [2.24, 2.45) is 0 Å². The van der Waals surface area contributed by atoms with E-state index in [1.54, 1.807) is 12.1 Å². The van der Waals surface area contributed by atoms with Gasteiger partial charge in [0.1, 0.15) is 23.7 Å². The number of aryl methyl sites for hydroxylation is 1. The summed E-state index contributed by atoms with van der Waals surface area (Å²) in [5, 5.41) is 0. The van der Waals surface area contributed by atoms with Crippen LogP contribution in [0.2, 0.25) is 0 Å². The van der Waals surface area contributed by atoms with E-state index in [2.05, 4.69) is 41.2 Å². The molecule has 14 heteroatoms. The molecule has 2 heterocycles. The van der Waals surface area contributed by atoms with Gasteiger partial charge in [0.05, 0.1) is 12.1 Å². The van der Waals surface area contributed by atoms with E-state index in [1.165, 1.54) is 6.20 Å². The first-order valence-corrected chi connectivity index (χ1v) is 15.5. The third kappa shape index (κ3) is 6.04. The number of alkyl halides is 3. The molecule has 1 aliphatic carbocycles. The predicted octanol–water partition coefficient (Wildman–Crippen LogP) is 5.15. The molecule has 0 N–H and O–H groups in total. The van der Waals surface area contributed by atoms with Gasteiger partial charge in [-0.2, -0.15) is 26.6 Å². The Morgan fingerprint density at radius 3 is 2.55 bits per heavy atom. The third-order valence-electron chi connectivity index (χ3n) is 5.37. The Kier molecular flexibility index (Phi) is 8.39. The number of ether oxygens (including phenoxy) is 1. The van der Waals surface area contributed by atoms with E-state index in [1.807, 2.05) is 13.8 Å². The minimum absolute atomic E-state index is 0.0456. The summed E-state index contributed by atoms with van der Waals surface area (Å²) in [5.41, 5.74) is -5.10. The van der Waals surface area contributed by atoms with Crippen molar-refractivity contribution in [3.8, 4) is 23.1 Å². The molecule has 0 amide bonds. The summed E-state index contributed by atoms with van der Waals surface area (Å²) in [6.07, 6.45) is 4.34. The Hall–Kier alpha value is -1.31. The van der Waals surface area contributed by atoms with Crippen LogP contribution >= 0.6 is 28.5 Å². The maximum atomic E-state index is 12.8. The second-order valence-corrected chi connectivity index (χ2v) is 10.6.